The first-order valence-electron chi connectivity index (χ1n) is 5.66. The van der Waals surface area contributed by atoms with E-state index in [9.17, 15) is 4.79 Å². The van der Waals surface area contributed by atoms with Crippen LogP contribution in [0.3, 0.4) is 0 Å². The molecule has 3 nitrogen and oxygen atoms in total. The summed E-state index contributed by atoms with van der Waals surface area (Å²) in [5.74, 6) is 0. The van der Waals surface area contributed by atoms with Gasteiger partial charge in [-0.25, -0.2) is 4.99 Å². The molecule has 0 unspecified atom stereocenters. The fourth-order valence-electron chi connectivity index (χ4n) is 1.65. The SMILES string of the molecule is C=NC1=C(/C=C\C)Sc2ccc(C(=O)Cl)cc2N=C1Cl. The van der Waals surface area contributed by atoms with E-state index in [-0.39, 0.29) is 5.17 Å². The number of hydrogen-bond acceptors (Lipinski definition) is 4. The predicted octanol–water partition coefficient (Wildman–Crippen LogP) is 4.93. The zero-order valence-electron chi connectivity index (χ0n) is 10.6. The maximum Gasteiger partial charge on any atom is 0.252 e. The number of fused-ring (bicyclic) bond motifs is 1. The first kappa shape index (κ1) is 15.0. The van der Waals surface area contributed by atoms with Gasteiger partial charge in [-0.05, 0) is 43.4 Å². The fourth-order valence-corrected chi connectivity index (χ4v) is 3.12. The molecular weight excluding hydrogens is 315 g/mol. The van der Waals surface area contributed by atoms with Crippen LogP contribution in [0.4, 0.5) is 5.69 Å². The van der Waals surface area contributed by atoms with Crippen molar-refractivity contribution in [3.63, 3.8) is 0 Å². The van der Waals surface area contributed by atoms with Crippen molar-refractivity contribution in [1.29, 1.82) is 0 Å². The summed E-state index contributed by atoms with van der Waals surface area (Å²) < 4.78 is 0. The smallest absolute Gasteiger partial charge is 0.252 e. The van der Waals surface area contributed by atoms with Crippen LogP contribution in [0.15, 0.2) is 55.8 Å². The van der Waals surface area contributed by atoms with Gasteiger partial charge in [-0.15, -0.1) is 0 Å². The number of nitrogens with zero attached hydrogens (tertiary/aromatic N) is 2. The molecule has 0 N–H and O–H groups in total. The average molecular weight is 325 g/mol. The topological polar surface area (TPSA) is 41.8 Å². The first-order chi connectivity index (χ1) is 9.56. The Bertz CT molecular complexity index is 678. The maximum atomic E-state index is 11.2. The van der Waals surface area contributed by atoms with Crippen LogP contribution >= 0.6 is 35.0 Å². The minimum Gasteiger partial charge on any atom is -0.276 e. The van der Waals surface area contributed by atoms with Gasteiger partial charge in [-0.1, -0.05) is 35.5 Å². The summed E-state index contributed by atoms with van der Waals surface area (Å²) >= 11 is 13.1. The first-order valence-corrected chi connectivity index (χ1v) is 7.24. The molecule has 1 aromatic carbocycles. The van der Waals surface area contributed by atoms with Gasteiger partial charge in [0.2, 0.25) is 0 Å². The molecule has 20 heavy (non-hydrogen) atoms. The molecule has 2 rings (SSSR count). The highest BCUT2D eigenvalue weighted by atomic mass is 35.5. The molecule has 0 aromatic heterocycles. The van der Waals surface area contributed by atoms with Gasteiger partial charge in [0.15, 0.2) is 5.17 Å². The Morgan fingerprint density at radius 1 is 1.50 bits per heavy atom. The van der Waals surface area contributed by atoms with Gasteiger partial charge in [-0.3, -0.25) is 9.79 Å². The lowest BCUT2D eigenvalue weighted by Crippen LogP contribution is -1.92. The minimum atomic E-state index is -0.530. The Morgan fingerprint density at radius 3 is 2.85 bits per heavy atom. The van der Waals surface area contributed by atoms with Crippen LogP contribution in [0, 0.1) is 0 Å². The van der Waals surface area contributed by atoms with E-state index in [2.05, 4.69) is 16.7 Å². The van der Waals surface area contributed by atoms with E-state index in [1.165, 1.54) is 11.8 Å². The molecule has 102 valence electrons. The van der Waals surface area contributed by atoms with Crippen LogP contribution in [-0.2, 0) is 0 Å². The molecule has 1 aliphatic rings. The molecular formula is C14H10Cl2N2OS. The highest BCUT2D eigenvalue weighted by molar-refractivity contribution is 8.03. The Kier molecular flexibility index (Phi) is 4.81. The lowest BCUT2D eigenvalue weighted by Gasteiger charge is -2.05. The molecule has 0 saturated carbocycles. The summed E-state index contributed by atoms with van der Waals surface area (Å²) in [4.78, 5) is 21.2. The molecule has 0 radical (unpaired) electrons. The maximum absolute atomic E-state index is 11.2. The number of benzene rings is 1. The van der Waals surface area contributed by atoms with Gasteiger partial charge in [-0.2, -0.15) is 0 Å². The molecule has 1 aliphatic heterocycles. The summed E-state index contributed by atoms with van der Waals surface area (Å²) in [6.45, 7) is 5.43. The van der Waals surface area contributed by atoms with Gasteiger partial charge in [0, 0.05) is 15.4 Å². The second kappa shape index (κ2) is 6.39. The third kappa shape index (κ3) is 3.03. The monoisotopic (exact) mass is 324 g/mol. The summed E-state index contributed by atoms with van der Waals surface area (Å²) in [6.07, 6.45) is 3.78. The molecule has 0 spiro atoms. The van der Waals surface area contributed by atoms with Crippen LogP contribution in [0.1, 0.15) is 17.3 Å². The number of thioether (sulfide) groups is 1. The number of carbonyl (C=O) groups excluding carboxylic acids is 1. The molecule has 1 aromatic rings. The fraction of sp³-hybridized carbons (Fsp3) is 0.0714. The molecule has 0 bridgehead atoms. The number of halogens is 2. The van der Waals surface area contributed by atoms with Crippen molar-refractivity contribution in [1.82, 2.24) is 0 Å². The van der Waals surface area contributed by atoms with Crippen LogP contribution in [-0.4, -0.2) is 17.1 Å². The van der Waals surface area contributed by atoms with Crippen molar-refractivity contribution in [3.8, 4) is 0 Å². The van der Waals surface area contributed by atoms with E-state index in [1.54, 1.807) is 18.2 Å². The lowest BCUT2D eigenvalue weighted by molar-refractivity contribution is 0.108. The molecule has 6 heteroatoms. The Labute approximate surface area is 131 Å². The van der Waals surface area contributed by atoms with E-state index in [0.29, 0.717) is 16.9 Å². The summed E-state index contributed by atoms with van der Waals surface area (Å²) in [7, 11) is 0. The van der Waals surface area contributed by atoms with Gasteiger partial charge >= 0.3 is 0 Å². The van der Waals surface area contributed by atoms with Crippen LogP contribution in [0.2, 0.25) is 0 Å². The van der Waals surface area contributed by atoms with Crippen molar-refractivity contribution in [3.05, 3.63) is 46.5 Å². The van der Waals surface area contributed by atoms with Crippen molar-refractivity contribution in [2.75, 3.05) is 0 Å². The van der Waals surface area contributed by atoms with Gasteiger partial charge < -0.3 is 0 Å². The predicted molar refractivity (Wildman–Crippen MR) is 86.8 cm³/mol. The van der Waals surface area contributed by atoms with E-state index >= 15 is 0 Å². The normalized spacial score (nSPS) is 14.8. The van der Waals surface area contributed by atoms with Gasteiger partial charge in [0.1, 0.15) is 5.70 Å². The van der Waals surface area contributed by atoms with Crippen LogP contribution in [0.5, 0.6) is 0 Å². The van der Waals surface area contributed by atoms with E-state index in [0.717, 1.165) is 9.80 Å². The standard InChI is InChI=1S/C14H10Cl2N2OS/c1-3-4-11-12(17-2)13(15)18-9-7-8(14(16)19)5-6-10(9)20-11/h3-7H,2H2,1H3/b4-3-. The summed E-state index contributed by atoms with van der Waals surface area (Å²) in [5.41, 5.74) is 1.48. The Hall–Kier alpha value is -1.36. The Morgan fingerprint density at radius 2 is 2.25 bits per heavy atom. The average Bonchev–Trinajstić information content (AvgIpc) is 2.53. The van der Waals surface area contributed by atoms with Gasteiger partial charge in [0.05, 0.1) is 5.69 Å². The molecule has 0 amide bonds. The second-order valence-electron chi connectivity index (χ2n) is 3.83. The zero-order valence-corrected chi connectivity index (χ0v) is 12.9. The van der Waals surface area contributed by atoms with Gasteiger partial charge in [0.25, 0.3) is 5.24 Å². The minimum absolute atomic E-state index is 0.235. The van der Waals surface area contributed by atoms with E-state index in [4.69, 9.17) is 23.2 Å². The number of rotatable bonds is 3. The second-order valence-corrected chi connectivity index (χ2v) is 5.62. The number of allylic oxidation sites excluding steroid dienone is 3. The lowest BCUT2D eigenvalue weighted by atomic mass is 10.2. The zero-order chi connectivity index (χ0) is 14.7. The number of aliphatic imine (C=N–C) groups is 2. The van der Waals surface area contributed by atoms with E-state index < -0.39 is 5.24 Å². The molecule has 0 saturated heterocycles. The third-order valence-electron chi connectivity index (χ3n) is 2.53. The summed E-state index contributed by atoms with van der Waals surface area (Å²) in [5, 5.41) is -0.296. The van der Waals surface area contributed by atoms with Crippen molar-refractivity contribution >= 4 is 57.8 Å². The number of hydrogen-bond donors (Lipinski definition) is 0. The largest absolute Gasteiger partial charge is 0.276 e. The molecule has 0 atom stereocenters. The van der Waals surface area contributed by atoms with Crippen molar-refractivity contribution in [2.45, 2.75) is 11.8 Å². The Balaban J connectivity index is 2.60. The molecule has 0 fully saturated rings. The van der Waals surface area contributed by atoms with Crippen LogP contribution < -0.4 is 0 Å². The highest BCUT2D eigenvalue weighted by Gasteiger charge is 2.18. The highest BCUT2D eigenvalue weighted by Crippen LogP contribution is 2.41. The van der Waals surface area contributed by atoms with E-state index in [1.807, 2.05) is 19.1 Å². The van der Waals surface area contributed by atoms with Crippen molar-refractivity contribution in [2.24, 2.45) is 9.98 Å². The van der Waals surface area contributed by atoms with Crippen LogP contribution in [0.25, 0.3) is 0 Å². The number of carbonyl (C=O) groups is 1. The van der Waals surface area contributed by atoms with Crippen molar-refractivity contribution < 1.29 is 4.79 Å². The molecule has 0 aliphatic carbocycles. The quantitative estimate of drug-likeness (QED) is 0.584. The molecule has 1 heterocycles. The summed E-state index contributed by atoms with van der Waals surface area (Å²) in [6, 6.07) is 5.06. The third-order valence-corrected chi connectivity index (χ3v) is 4.13.